The quantitative estimate of drug-likeness (QED) is 0.267. The minimum atomic E-state index is -4.12. The van der Waals surface area contributed by atoms with Crippen molar-refractivity contribution in [3.8, 4) is 11.5 Å². The number of ether oxygens (including phenoxy) is 2. The molecular weight excluding hydrogens is 532 g/mol. The number of hydrogen-bond acceptors (Lipinski definition) is 8. The van der Waals surface area contributed by atoms with Gasteiger partial charge in [0.05, 0.1) is 30.1 Å². The summed E-state index contributed by atoms with van der Waals surface area (Å²) in [7, 11) is -1.04. The standard InChI is InChI=1S/C28H30N6O5S/c1-18-8-7-13-34(18)28(35)30-19-9-6-10-23(16-19)40(36,37)33-27-26(31-24-11-4-5-12-25(24)32-27)29-20-14-21(38-2)17-22(15-20)39-3/h4-6,9-12,14-18H,7-8,13H2,1-3H3,(H,29,31)(H,30,35)(H,32,33)/t18-/m1/s1. The molecule has 1 saturated heterocycles. The molecule has 0 saturated carbocycles. The summed E-state index contributed by atoms with van der Waals surface area (Å²) in [4.78, 5) is 23.6. The number of rotatable bonds is 8. The van der Waals surface area contributed by atoms with Gasteiger partial charge in [-0.1, -0.05) is 18.2 Å². The zero-order valence-corrected chi connectivity index (χ0v) is 23.2. The highest BCUT2D eigenvalue weighted by Gasteiger charge is 2.26. The topological polar surface area (TPSA) is 135 Å². The lowest BCUT2D eigenvalue weighted by molar-refractivity contribution is 0.210. The summed E-state index contributed by atoms with van der Waals surface area (Å²) in [6.45, 7) is 2.66. The van der Waals surface area contributed by atoms with Crippen molar-refractivity contribution in [2.45, 2.75) is 30.7 Å². The van der Waals surface area contributed by atoms with Crippen LogP contribution in [0.15, 0.2) is 71.6 Å². The molecule has 4 aromatic rings. The number of methoxy groups -OCH3 is 2. The highest BCUT2D eigenvalue weighted by Crippen LogP contribution is 2.31. The molecule has 1 aliphatic rings. The summed E-state index contributed by atoms with van der Waals surface area (Å²) in [5.41, 5.74) is 2.01. The third-order valence-electron chi connectivity index (χ3n) is 6.63. The molecule has 3 N–H and O–H groups in total. The number of nitrogens with zero attached hydrogens (tertiary/aromatic N) is 3. The van der Waals surface area contributed by atoms with Crippen LogP contribution >= 0.6 is 0 Å². The van der Waals surface area contributed by atoms with E-state index in [1.165, 1.54) is 26.4 Å². The van der Waals surface area contributed by atoms with Crippen molar-refractivity contribution in [2.75, 3.05) is 36.1 Å². The molecule has 1 aliphatic heterocycles. The number of anilines is 4. The number of carbonyl (C=O) groups is 1. The van der Waals surface area contributed by atoms with Crippen molar-refractivity contribution >= 4 is 50.1 Å². The Hall–Kier alpha value is -4.58. The number of nitrogens with one attached hydrogen (secondary N) is 3. The average Bonchev–Trinajstić information content (AvgIpc) is 3.39. The lowest BCUT2D eigenvalue weighted by atomic mass is 10.2. The number of sulfonamides is 1. The Labute approximate surface area is 232 Å². The molecular formula is C28H30N6O5S. The summed E-state index contributed by atoms with van der Waals surface area (Å²) in [5.74, 6) is 1.27. The molecule has 1 atom stereocenters. The maximum Gasteiger partial charge on any atom is 0.322 e. The number of benzene rings is 3. The number of amides is 2. The van der Waals surface area contributed by atoms with E-state index in [0.717, 1.165) is 12.8 Å². The Morgan fingerprint density at radius 1 is 0.900 bits per heavy atom. The number of hydrogen-bond donors (Lipinski definition) is 3. The van der Waals surface area contributed by atoms with Crippen LogP contribution in [0.4, 0.5) is 27.8 Å². The molecule has 0 aliphatic carbocycles. The summed E-state index contributed by atoms with van der Waals surface area (Å²) in [6.07, 6.45) is 1.89. The third-order valence-corrected chi connectivity index (χ3v) is 7.96. The van der Waals surface area contributed by atoms with Crippen molar-refractivity contribution in [3.63, 3.8) is 0 Å². The normalized spacial score (nSPS) is 15.1. The third kappa shape index (κ3) is 5.86. The van der Waals surface area contributed by atoms with Gasteiger partial charge in [0.15, 0.2) is 11.6 Å². The molecule has 0 bridgehead atoms. The van der Waals surface area contributed by atoms with Crippen LogP contribution in [0.5, 0.6) is 11.5 Å². The zero-order chi connectivity index (χ0) is 28.3. The number of urea groups is 1. The van der Waals surface area contributed by atoms with Gasteiger partial charge in [0.2, 0.25) is 0 Å². The van der Waals surface area contributed by atoms with E-state index in [1.807, 2.05) is 13.0 Å². The Balaban J connectivity index is 1.46. The minimum Gasteiger partial charge on any atom is -0.497 e. The minimum absolute atomic E-state index is 0.000756. The highest BCUT2D eigenvalue weighted by molar-refractivity contribution is 7.92. The van der Waals surface area contributed by atoms with Gasteiger partial charge in [-0.2, -0.15) is 0 Å². The van der Waals surface area contributed by atoms with Crippen molar-refractivity contribution in [3.05, 3.63) is 66.7 Å². The summed E-state index contributed by atoms with van der Waals surface area (Å²) in [5, 5.41) is 5.95. The summed E-state index contributed by atoms with van der Waals surface area (Å²) >= 11 is 0. The van der Waals surface area contributed by atoms with Crippen LogP contribution in [-0.4, -0.2) is 56.1 Å². The summed E-state index contributed by atoms with van der Waals surface area (Å²) < 4.78 is 40.3. The second-order valence-corrected chi connectivity index (χ2v) is 11.1. The molecule has 0 spiro atoms. The Morgan fingerprint density at radius 2 is 1.57 bits per heavy atom. The van der Waals surface area contributed by atoms with Crippen molar-refractivity contribution in [2.24, 2.45) is 0 Å². The molecule has 12 heteroatoms. The maximum atomic E-state index is 13.5. The first-order valence-electron chi connectivity index (χ1n) is 12.7. The van der Waals surface area contributed by atoms with E-state index >= 15 is 0 Å². The van der Waals surface area contributed by atoms with E-state index in [9.17, 15) is 13.2 Å². The Bertz CT molecular complexity index is 1640. The molecule has 2 amide bonds. The molecule has 40 heavy (non-hydrogen) atoms. The van der Waals surface area contributed by atoms with Gasteiger partial charge in [0, 0.05) is 42.2 Å². The monoisotopic (exact) mass is 562 g/mol. The van der Waals surface area contributed by atoms with Crippen LogP contribution in [0.2, 0.25) is 0 Å². The fraction of sp³-hybridized carbons (Fsp3) is 0.250. The van der Waals surface area contributed by atoms with Gasteiger partial charge in [0.25, 0.3) is 10.0 Å². The van der Waals surface area contributed by atoms with Crippen molar-refractivity contribution in [1.29, 1.82) is 0 Å². The van der Waals surface area contributed by atoms with Crippen molar-refractivity contribution in [1.82, 2.24) is 14.9 Å². The van der Waals surface area contributed by atoms with Crippen LogP contribution in [0.25, 0.3) is 11.0 Å². The van der Waals surface area contributed by atoms with E-state index in [0.29, 0.717) is 40.5 Å². The SMILES string of the molecule is COc1cc(Nc2nc3ccccc3nc2NS(=O)(=O)c2cccc(NC(=O)N3CCC[C@H]3C)c2)cc(OC)c1. The largest absolute Gasteiger partial charge is 0.497 e. The van der Waals surface area contributed by atoms with E-state index < -0.39 is 10.0 Å². The Kier molecular flexibility index (Phi) is 7.60. The fourth-order valence-electron chi connectivity index (χ4n) is 4.53. The molecule has 3 aromatic carbocycles. The lowest BCUT2D eigenvalue weighted by Gasteiger charge is -2.22. The lowest BCUT2D eigenvalue weighted by Crippen LogP contribution is -2.37. The van der Waals surface area contributed by atoms with Gasteiger partial charge in [-0.3, -0.25) is 4.72 Å². The van der Waals surface area contributed by atoms with Gasteiger partial charge >= 0.3 is 6.03 Å². The van der Waals surface area contributed by atoms with Crippen LogP contribution in [0.3, 0.4) is 0 Å². The van der Waals surface area contributed by atoms with E-state index in [2.05, 4.69) is 25.3 Å². The number of carbonyl (C=O) groups excluding carboxylic acids is 1. The molecule has 1 aromatic heterocycles. The van der Waals surface area contributed by atoms with Gasteiger partial charge in [0.1, 0.15) is 11.5 Å². The van der Waals surface area contributed by atoms with E-state index in [4.69, 9.17) is 9.47 Å². The summed E-state index contributed by atoms with van der Waals surface area (Å²) in [6, 6.07) is 18.3. The van der Waals surface area contributed by atoms with Gasteiger partial charge in [-0.25, -0.2) is 23.2 Å². The first-order valence-corrected chi connectivity index (χ1v) is 14.2. The maximum absolute atomic E-state index is 13.5. The molecule has 208 valence electrons. The van der Waals surface area contributed by atoms with E-state index in [-0.39, 0.29) is 28.6 Å². The number of aromatic nitrogens is 2. The van der Waals surface area contributed by atoms with E-state index in [1.54, 1.807) is 53.4 Å². The zero-order valence-electron chi connectivity index (χ0n) is 22.3. The van der Waals surface area contributed by atoms with Crippen LogP contribution < -0.4 is 24.8 Å². The predicted octanol–water partition coefficient (Wildman–Crippen LogP) is 5.21. The van der Waals surface area contributed by atoms with Crippen LogP contribution in [-0.2, 0) is 10.0 Å². The first kappa shape index (κ1) is 27.0. The Morgan fingerprint density at radius 3 is 2.20 bits per heavy atom. The number of likely N-dealkylation sites (tertiary alicyclic amines) is 1. The van der Waals surface area contributed by atoms with Gasteiger partial charge < -0.3 is 25.0 Å². The highest BCUT2D eigenvalue weighted by atomic mass is 32.2. The average molecular weight is 563 g/mol. The molecule has 1 fully saturated rings. The smallest absolute Gasteiger partial charge is 0.322 e. The van der Waals surface area contributed by atoms with Gasteiger partial charge in [-0.15, -0.1) is 0 Å². The molecule has 2 heterocycles. The molecule has 5 rings (SSSR count). The number of fused-ring (bicyclic) bond motifs is 1. The van der Waals surface area contributed by atoms with Crippen LogP contribution in [0.1, 0.15) is 19.8 Å². The molecule has 11 nitrogen and oxygen atoms in total. The van der Waals surface area contributed by atoms with Crippen molar-refractivity contribution < 1.29 is 22.7 Å². The second-order valence-electron chi connectivity index (χ2n) is 9.38. The first-order chi connectivity index (χ1) is 19.3. The molecule has 0 radical (unpaired) electrons. The fourth-order valence-corrected chi connectivity index (χ4v) is 5.59. The predicted molar refractivity (Wildman–Crippen MR) is 154 cm³/mol. The second kappa shape index (κ2) is 11.3. The van der Waals surface area contributed by atoms with Crippen LogP contribution in [0, 0.1) is 0 Å². The molecule has 0 unspecified atom stereocenters. The van der Waals surface area contributed by atoms with Gasteiger partial charge in [-0.05, 0) is 50.1 Å². The number of para-hydroxylation sites is 2.